The van der Waals surface area contributed by atoms with Gasteiger partial charge in [-0.25, -0.2) is 4.79 Å². The molecule has 4 nitrogen and oxygen atoms in total. The molecule has 0 N–H and O–H groups in total. The zero-order valence-electron chi connectivity index (χ0n) is 8.32. The quantitative estimate of drug-likeness (QED) is 0.483. The van der Waals surface area contributed by atoms with Crippen LogP contribution in [0.15, 0.2) is 22.8 Å². The first kappa shape index (κ1) is 11.1. The minimum absolute atomic E-state index is 0.331. The number of furan rings is 1. The van der Waals surface area contributed by atoms with E-state index in [0.717, 1.165) is 3.57 Å². The fourth-order valence-corrected chi connectivity index (χ4v) is 2.10. The fourth-order valence-electron chi connectivity index (χ4n) is 1.47. The van der Waals surface area contributed by atoms with Crippen molar-refractivity contribution in [2.24, 2.45) is 0 Å². The Labute approximate surface area is 105 Å². The first-order chi connectivity index (χ1) is 7.67. The van der Waals surface area contributed by atoms with Gasteiger partial charge in [0.25, 0.3) is 0 Å². The van der Waals surface area contributed by atoms with Crippen molar-refractivity contribution in [3.63, 3.8) is 0 Å². The van der Waals surface area contributed by atoms with Crippen LogP contribution < -0.4 is 0 Å². The summed E-state index contributed by atoms with van der Waals surface area (Å²) in [5.74, 6) is -0.477. The first-order valence-corrected chi connectivity index (χ1v) is 5.49. The number of hydrogen-bond acceptors (Lipinski definition) is 4. The lowest BCUT2D eigenvalue weighted by Gasteiger charge is -2.01. The molecule has 1 aromatic carbocycles. The van der Waals surface area contributed by atoms with Gasteiger partial charge < -0.3 is 9.15 Å². The predicted molar refractivity (Wildman–Crippen MR) is 65.7 cm³/mol. The summed E-state index contributed by atoms with van der Waals surface area (Å²) in [7, 11) is 1.30. The lowest BCUT2D eigenvalue weighted by atomic mass is 10.1. The van der Waals surface area contributed by atoms with E-state index < -0.39 is 5.97 Å². The van der Waals surface area contributed by atoms with Crippen LogP contribution in [0.5, 0.6) is 0 Å². The number of carbonyl (C=O) groups excluding carboxylic acids is 2. The van der Waals surface area contributed by atoms with Crippen LogP contribution >= 0.6 is 22.6 Å². The van der Waals surface area contributed by atoms with Gasteiger partial charge in [-0.1, -0.05) is 0 Å². The van der Waals surface area contributed by atoms with Crippen LogP contribution in [-0.2, 0) is 4.74 Å². The minimum atomic E-state index is -0.477. The molecule has 2 aromatic rings. The summed E-state index contributed by atoms with van der Waals surface area (Å²) in [4.78, 5) is 22.3. The molecule has 0 amide bonds. The predicted octanol–water partition coefficient (Wildman–Crippen LogP) is 2.64. The third-order valence-electron chi connectivity index (χ3n) is 2.20. The number of methoxy groups -OCH3 is 1. The van der Waals surface area contributed by atoms with Gasteiger partial charge in [-0.05, 0) is 34.7 Å². The van der Waals surface area contributed by atoms with Gasteiger partial charge >= 0.3 is 5.97 Å². The highest BCUT2D eigenvalue weighted by Crippen LogP contribution is 2.26. The van der Waals surface area contributed by atoms with E-state index in [-0.39, 0.29) is 0 Å². The summed E-state index contributed by atoms with van der Waals surface area (Å²) in [6.07, 6.45) is 2.03. The molecule has 0 saturated carbocycles. The summed E-state index contributed by atoms with van der Waals surface area (Å²) in [6.45, 7) is 0. The highest BCUT2D eigenvalue weighted by Gasteiger charge is 2.16. The lowest BCUT2D eigenvalue weighted by molar-refractivity contribution is 0.0601. The summed E-state index contributed by atoms with van der Waals surface area (Å²) in [5.41, 5.74) is 1.14. The van der Waals surface area contributed by atoms with Gasteiger partial charge in [-0.15, -0.1) is 0 Å². The first-order valence-electron chi connectivity index (χ1n) is 4.41. The molecule has 5 heteroatoms. The number of benzene rings is 1. The summed E-state index contributed by atoms with van der Waals surface area (Å²) < 4.78 is 10.7. The van der Waals surface area contributed by atoms with E-state index in [1.165, 1.54) is 13.4 Å². The number of fused-ring (bicyclic) bond motifs is 1. The highest BCUT2D eigenvalue weighted by atomic mass is 127. The van der Waals surface area contributed by atoms with Gasteiger partial charge in [0.2, 0.25) is 0 Å². The summed E-state index contributed by atoms with van der Waals surface area (Å²) in [6, 6.07) is 3.45. The SMILES string of the molecule is COC(=O)c1cc(I)cc2c(C=O)coc12. The molecule has 0 fully saturated rings. The second-order valence-corrected chi connectivity index (χ2v) is 4.38. The van der Waals surface area contributed by atoms with Crippen molar-refractivity contribution < 1.29 is 18.7 Å². The molecule has 0 aliphatic heterocycles. The van der Waals surface area contributed by atoms with Crippen molar-refractivity contribution in [2.45, 2.75) is 0 Å². The number of aldehydes is 1. The van der Waals surface area contributed by atoms with Gasteiger partial charge in [0.05, 0.1) is 12.7 Å². The average Bonchev–Trinajstić information content (AvgIpc) is 2.69. The van der Waals surface area contributed by atoms with Gasteiger partial charge in [-0.3, -0.25) is 4.79 Å². The third kappa shape index (κ3) is 1.71. The van der Waals surface area contributed by atoms with Crippen LogP contribution in [-0.4, -0.2) is 19.4 Å². The second kappa shape index (κ2) is 4.25. The lowest BCUT2D eigenvalue weighted by Crippen LogP contribution is -2.02. The minimum Gasteiger partial charge on any atom is -0.465 e. The van der Waals surface area contributed by atoms with E-state index in [9.17, 15) is 9.59 Å². The van der Waals surface area contributed by atoms with E-state index in [4.69, 9.17) is 4.42 Å². The smallest absolute Gasteiger partial charge is 0.341 e. The van der Waals surface area contributed by atoms with Crippen LogP contribution in [0.4, 0.5) is 0 Å². The molecular formula is C11H7IO4. The second-order valence-electron chi connectivity index (χ2n) is 3.13. The number of ether oxygens (including phenoxy) is 1. The molecule has 16 heavy (non-hydrogen) atoms. The van der Waals surface area contributed by atoms with Gasteiger partial charge in [0, 0.05) is 8.96 Å². The molecule has 0 saturated heterocycles. The van der Waals surface area contributed by atoms with E-state index in [2.05, 4.69) is 27.3 Å². The molecular weight excluding hydrogens is 323 g/mol. The molecule has 0 atom stereocenters. The molecule has 0 aliphatic rings. The zero-order chi connectivity index (χ0) is 11.7. The van der Waals surface area contributed by atoms with E-state index in [1.807, 2.05) is 0 Å². The van der Waals surface area contributed by atoms with Crippen LogP contribution in [0.3, 0.4) is 0 Å². The van der Waals surface area contributed by atoms with Crippen molar-refractivity contribution in [3.05, 3.63) is 33.1 Å². The van der Waals surface area contributed by atoms with Crippen molar-refractivity contribution in [1.82, 2.24) is 0 Å². The number of halogens is 1. The van der Waals surface area contributed by atoms with Crippen molar-refractivity contribution in [1.29, 1.82) is 0 Å². The zero-order valence-corrected chi connectivity index (χ0v) is 10.5. The molecule has 82 valence electrons. The number of hydrogen-bond donors (Lipinski definition) is 0. The Morgan fingerprint density at radius 3 is 2.88 bits per heavy atom. The molecule has 0 unspecified atom stereocenters. The fraction of sp³-hybridized carbons (Fsp3) is 0.0909. The van der Waals surface area contributed by atoms with Crippen LogP contribution in [0, 0.1) is 3.57 Å². The standard InChI is InChI=1S/C11H7IO4/c1-15-11(14)9-3-7(12)2-8-6(4-13)5-16-10(8)9/h2-5H,1H3. The van der Waals surface area contributed by atoms with Crippen LogP contribution in [0.1, 0.15) is 20.7 Å². The Morgan fingerprint density at radius 1 is 1.50 bits per heavy atom. The Morgan fingerprint density at radius 2 is 2.25 bits per heavy atom. The van der Waals surface area contributed by atoms with E-state index in [0.29, 0.717) is 28.4 Å². The Hall–Kier alpha value is -1.37. The maximum absolute atomic E-state index is 11.5. The van der Waals surface area contributed by atoms with E-state index >= 15 is 0 Å². The number of rotatable bonds is 2. The molecule has 0 radical (unpaired) electrons. The average molecular weight is 330 g/mol. The van der Waals surface area contributed by atoms with Gasteiger partial charge in [0.1, 0.15) is 17.4 Å². The Bertz CT molecular complexity index is 571. The molecule has 2 rings (SSSR count). The molecule has 1 heterocycles. The molecule has 0 spiro atoms. The number of esters is 1. The largest absolute Gasteiger partial charge is 0.465 e. The third-order valence-corrected chi connectivity index (χ3v) is 2.82. The van der Waals surface area contributed by atoms with Crippen molar-refractivity contribution >= 4 is 45.8 Å². The molecule has 0 aliphatic carbocycles. The van der Waals surface area contributed by atoms with E-state index in [1.54, 1.807) is 12.1 Å². The van der Waals surface area contributed by atoms with Crippen LogP contribution in [0.2, 0.25) is 0 Å². The maximum Gasteiger partial charge on any atom is 0.341 e. The topological polar surface area (TPSA) is 56.5 Å². The summed E-state index contributed by atoms with van der Waals surface area (Å²) in [5, 5.41) is 0.627. The van der Waals surface area contributed by atoms with Gasteiger partial charge in [0.15, 0.2) is 6.29 Å². The molecule has 1 aromatic heterocycles. The molecule has 0 bridgehead atoms. The monoisotopic (exact) mass is 330 g/mol. The van der Waals surface area contributed by atoms with Gasteiger partial charge in [-0.2, -0.15) is 0 Å². The van der Waals surface area contributed by atoms with Crippen molar-refractivity contribution in [2.75, 3.05) is 7.11 Å². The normalized spacial score (nSPS) is 10.4. The Kier molecular flexibility index (Phi) is 2.95. The highest BCUT2D eigenvalue weighted by molar-refractivity contribution is 14.1. The maximum atomic E-state index is 11.5. The summed E-state index contributed by atoms with van der Waals surface area (Å²) >= 11 is 2.07. The Balaban J connectivity index is 2.79. The van der Waals surface area contributed by atoms with Crippen LogP contribution in [0.25, 0.3) is 11.0 Å². The van der Waals surface area contributed by atoms with Crippen molar-refractivity contribution in [3.8, 4) is 0 Å². The number of carbonyl (C=O) groups is 2.